The van der Waals surface area contributed by atoms with E-state index in [-0.39, 0.29) is 22.4 Å². The molecule has 164 valence electrons. The second-order valence-corrected chi connectivity index (χ2v) is 8.98. The molecule has 1 heterocycles. The van der Waals surface area contributed by atoms with Crippen LogP contribution in [-0.4, -0.2) is 33.6 Å². The van der Waals surface area contributed by atoms with Crippen LogP contribution < -0.4 is 14.4 Å². The minimum absolute atomic E-state index is 0.00685. The third-order valence-electron chi connectivity index (χ3n) is 4.88. The Balaban J connectivity index is 2.15. The van der Waals surface area contributed by atoms with Gasteiger partial charge in [-0.15, -0.1) is 0 Å². The molecule has 0 radical (unpaired) electrons. The van der Waals surface area contributed by atoms with Crippen LogP contribution in [0.4, 0.5) is 11.6 Å². The highest BCUT2D eigenvalue weighted by molar-refractivity contribution is 7.93. The first-order chi connectivity index (χ1) is 14.7. The summed E-state index contributed by atoms with van der Waals surface area (Å²) in [5.74, 6) is 0.0589. The van der Waals surface area contributed by atoms with Crippen LogP contribution in [0.2, 0.25) is 0 Å². The predicted molar refractivity (Wildman–Crippen MR) is 119 cm³/mol. The number of sulfonamides is 1. The number of hydrogen-bond donors (Lipinski definition) is 1. The molecular formula is C22H25N3O5S. The summed E-state index contributed by atoms with van der Waals surface area (Å²) in [7, 11) is -1.04. The number of aromatic nitrogens is 1. The number of amides is 1. The number of nitrogens with one attached hydrogen (secondary N) is 1. The lowest BCUT2D eigenvalue weighted by molar-refractivity contribution is -0.114. The highest BCUT2D eigenvalue weighted by Crippen LogP contribution is 2.37. The summed E-state index contributed by atoms with van der Waals surface area (Å²) in [6.07, 6.45) is 0.537. The Labute approximate surface area is 181 Å². The van der Waals surface area contributed by atoms with Gasteiger partial charge in [-0.1, -0.05) is 35.8 Å². The van der Waals surface area contributed by atoms with Crippen LogP contribution in [0.15, 0.2) is 51.9 Å². The highest BCUT2D eigenvalue weighted by atomic mass is 32.2. The van der Waals surface area contributed by atoms with Crippen molar-refractivity contribution in [3.63, 3.8) is 0 Å². The van der Waals surface area contributed by atoms with Gasteiger partial charge in [0, 0.05) is 14.0 Å². The van der Waals surface area contributed by atoms with Crippen molar-refractivity contribution in [2.45, 2.75) is 32.1 Å². The van der Waals surface area contributed by atoms with Crippen LogP contribution in [0.25, 0.3) is 11.1 Å². The summed E-state index contributed by atoms with van der Waals surface area (Å²) in [5, 5.41) is 6.62. The van der Waals surface area contributed by atoms with Crippen molar-refractivity contribution < 1.29 is 22.5 Å². The molecule has 0 saturated heterocycles. The first kappa shape index (κ1) is 22.4. The van der Waals surface area contributed by atoms with Gasteiger partial charge in [0.2, 0.25) is 11.8 Å². The topological polar surface area (TPSA) is 102 Å². The SMILES string of the molecule is CCc1noc(NC(C)=O)c1-c1ccc(OC)c(S(=O)(=O)N(C)c2ccc(C)cc2)c1. The Kier molecular flexibility index (Phi) is 6.35. The van der Waals surface area contributed by atoms with Gasteiger partial charge in [0.15, 0.2) is 0 Å². The van der Waals surface area contributed by atoms with Gasteiger partial charge in [-0.25, -0.2) is 8.42 Å². The van der Waals surface area contributed by atoms with E-state index in [0.29, 0.717) is 28.9 Å². The van der Waals surface area contributed by atoms with Crippen molar-refractivity contribution in [2.75, 3.05) is 23.8 Å². The Hall–Kier alpha value is -3.33. The number of anilines is 2. The second kappa shape index (κ2) is 8.81. The third kappa shape index (κ3) is 4.41. The van der Waals surface area contributed by atoms with E-state index in [4.69, 9.17) is 9.26 Å². The van der Waals surface area contributed by atoms with Gasteiger partial charge in [0.05, 0.1) is 24.1 Å². The van der Waals surface area contributed by atoms with Gasteiger partial charge >= 0.3 is 0 Å². The minimum atomic E-state index is -3.95. The molecular weight excluding hydrogens is 418 g/mol. The smallest absolute Gasteiger partial charge is 0.267 e. The summed E-state index contributed by atoms with van der Waals surface area (Å²) in [4.78, 5) is 11.6. The fourth-order valence-corrected chi connectivity index (χ4v) is 4.56. The van der Waals surface area contributed by atoms with Gasteiger partial charge in [0.1, 0.15) is 10.6 Å². The molecule has 0 aliphatic rings. The van der Waals surface area contributed by atoms with E-state index in [1.807, 2.05) is 26.0 Å². The number of benzene rings is 2. The summed E-state index contributed by atoms with van der Waals surface area (Å²) >= 11 is 0. The Bertz CT molecular complexity index is 1200. The maximum absolute atomic E-state index is 13.5. The van der Waals surface area contributed by atoms with Gasteiger partial charge in [0.25, 0.3) is 10.0 Å². The fraction of sp³-hybridized carbons (Fsp3) is 0.273. The summed E-state index contributed by atoms with van der Waals surface area (Å²) < 4.78 is 38.8. The molecule has 0 spiro atoms. The Morgan fingerprint density at radius 1 is 1.19 bits per heavy atom. The molecule has 1 amide bonds. The molecule has 8 nitrogen and oxygen atoms in total. The molecule has 0 bridgehead atoms. The zero-order chi connectivity index (χ0) is 22.8. The lowest BCUT2D eigenvalue weighted by Crippen LogP contribution is -2.27. The summed E-state index contributed by atoms with van der Waals surface area (Å²) in [5.41, 5.74) is 3.23. The average Bonchev–Trinajstić information content (AvgIpc) is 3.15. The lowest BCUT2D eigenvalue weighted by atomic mass is 10.0. The summed E-state index contributed by atoms with van der Waals surface area (Å²) in [6.45, 7) is 5.19. The van der Waals surface area contributed by atoms with E-state index < -0.39 is 10.0 Å². The molecule has 9 heteroatoms. The van der Waals surface area contributed by atoms with Crippen molar-refractivity contribution in [1.82, 2.24) is 5.16 Å². The Morgan fingerprint density at radius 3 is 2.45 bits per heavy atom. The first-order valence-electron chi connectivity index (χ1n) is 9.69. The standard InChI is InChI=1S/C22H25N3O5S/c1-6-18-21(22(30-24-18)23-15(3)26)16-9-12-19(29-5)20(13-16)31(27,28)25(4)17-10-7-14(2)8-11-17/h7-13H,6H2,1-5H3,(H,23,26). The van der Waals surface area contributed by atoms with Crippen LogP contribution in [0.5, 0.6) is 5.75 Å². The maximum atomic E-state index is 13.5. The average molecular weight is 444 g/mol. The van der Waals surface area contributed by atoms with Gasteiger partial charge < -0.3 is 9.26 Å². The molecule has 2 aromatic carbocycles. The number of ether oxygens (including phenoxy) is 1. The number of methoxy groups -OCH3 is 1. The number of rotatable bonds is 7. The van der Waals surface area contributed by atoms with E-state index in [2.05, 4.69) is 10.5 Å². The van der Waals surface area contributed by atoms with Crippen LogP contribution in [-0.2, 0) is 21.2 Å². The zero-order valence-electron chi connectivity index (χ0n) is 18.1. The number of carbonyl (C=O) groups is 1. The zero-order valence-corrected chi connectivity index (χ0v) is 18.9. The van der Waals surface area contributed by atoms with E-state index in [9.17, 15) is 13.2 Å². The predicted octanol–water partition coefficient (Wildman–Crippen LogP) is 4.00. The molecule has 0 aliphatic heterocycles. The fourth-order valence-electron chi connectivity index (χ4n) is 3.18. The first-order valence-corrected chi connectivity index (χ1v) is 11.1. The van der Waals surface area contributed by atoms with E-state index in [1.165, 1.54) is 31.5 Å². The molecule has 0 aliphatic carbocycles. The number of nitrogens with zero attached hydrogens (tertiary/aromatic N) is 2. The van der Waals surface area contributed by atoms with Gasteiger partial charge in [-0.05, 0) is 43.2 Å². The van der Waals surface area contributed by atoms with Crippen molar-refractivity contribution in [3.8, 4) is 16.9 Å². The van der Waals surface area contributed by atoms with Crippen molar-refractivity contribution in [2.24, 2.45) is 0 Å². The molecule has 31 heavy (non-hydrogen) atoms. The number of carbonyl (C=O) groups excluding carboxylic acids is 1. The normalized spacial score (nSPS) is 11.3. The largest absolute Gasteiger partial charge is 0.495 e. The van der Waals surface area contributed by atoms with Gasteiger partial charge in [-0.2, -0.15) is 0 Å². The van der Waals surface area contributed by atoms with Crippen LogP contribution in [0.3, 0.4) is 0 Å². The molecule has 3 aromatic rings. The van der Waals surface area contributed by atoms with E-state index in [1.54, 1.807) is 24.3 Å². The molecule has 0 atom stereocenters. The molecule has 0 saturated carbocycles. The van der Waals surface area contributed by atoms with Crippen LogP contribution in [0.1, 0.15) is 25.1 Å². The van der Waals surface area contributed by atoms with Crippen LogP contribution >= 0.6 is 0 Å². The molecule has 0 unspecified atom stereocenters. The minimum Gasteiger partial charge on any atom is -0.495 e. The van der Waals surface area contributed by atoms with Crippen LogP contribution in [0, 0.1) is 6.92 Å². The molecule has 1 N–H and O–H groups in total. The quantitative estimate of drug-likeness (QED) is 0.592. The molecule has 3 rings (SSSR count). The molecule has 1 aromatic heterocycles. The van der Waals surface area contributed by atoms with E-state index >= 15 is 0 Å². The number of hydrogen-bond acceptors (Lipinski definition) is 6. The summed E-state index contributed by atoms with van der Waals surface area (Å²) in [6, 6.07) is 12.0. The number of aryl methyl sites for hydroxylation is 2. The third-order valence-corrected chi connectivity index (χ3v) is 6.68. The lowest BCUT2D eigenvalue weighted by Gasteiger charge is -2.21. The van der Waals surface area contributed by atoms with E-state index in [0.717, 1.165) is 5.56 Å². The maximum Gasteiger partial charge on any atom is 0.267 e. The van der Waals surface area contributed by atoms with Crippen molar-refractivity contribution in [1.29, 1.82) is 0 Å². The molecule has 0 fully saturated rings. The monoisotopic (exact) mass is 443 g/mol. The van der Waals surface area contributed by atoms with Crippen molar-refractivity contribution >= 4 is 27.5 Å². The Morgan fingerprint density at radius 2 is 1.87 bits per heavy atom. The van der Waals surface area contributed by atoms with Crippen molar-refractivity contribution in [3.05, 3.63) is 53.7 Å². The highest BCUT2D eigenvalue weighted by Gasteiger charge is 2.27. The second-order valence-electron chi connectivity index (χ2n) is 7.04. The van der Waals surface area contributed by atoms with Gasteiger partial charge in [-0.3, -0.25) is 14.4 Å².